The summed E-state index contributed by atoms with van der Waals surface area (Å²) in [6.45, 7) is 5.34. The number of methoxy groups -OCH3 is 1. The van der Waals surface area contributed by atoms with Crippen molar-refractivity contribution >= 4 is 57.8 Å². The summed E-state index contributed by atoms with van der Waals surface area (Å²) in [7, 11) is 3.26. The molecule has 2 amide bonds. The van der Waals surface area contributed by atoms with E-state index in [1.807, 2.05) is 54.9 Å². The molecule has 16 heteroatoms. The SMILES string of the molecule is CCn1nc(C)cc1C(=O)Nc1nc2cc(C=O)cc(OC)c2n1C/C=C/Cn1c(NC)nc2cc(C(N)=O)cc(OC/C=C/COc3cccc(N)c3)c21. The number of hydrogen-bond acceptors (Lipinski definition) is 11. The van der Waals surface area contributed by atoms with Gasteiger partial charge in [0.25, 0.3) is 5.91 Å². The maximum Gasteiger partial charge on any atom is 0.276 e. The van der Waals surface area contributed by atoms with Crippen molar-refractivity contribution in [3.63, 3.8) is 0 Å². The number of primary amides is 1. The minimum Gasteiger partial charge on any atom is -0.494 e. The molecule has 0 aliphatic carbocycles. The van der Waals surface area contributed by atoms with E-state index in [4.69, 9.17) is 30.7 Å². The lowest BCUT2D eigenvalue weighted by molar-refractivity contribution is 0.0995. The molecule has 0 aliphatic rings. The molecule has 6 rings (SSSR count). The molecule has 0 spiro atoms. The van der Waals surface area contributed by atoms with Crippen LogP contribution in [-0.2, 0) is 19.6 Å². The quantitative estimate of drug-likeness (QED) is 0.0556. The molecule has 16 nitrogen and oxygen atoms in total. The van der Waals surface area contributed by atoms with E-state index in [1.54, 1.807) is 58.8 Å². The summed E-state index contributed by atoms with van der Waals surface area (Å²) in [6, 6.07) is 15.4. The Morgan fingerprint density at radius 1 is 0.873 bits per heavy atom. The summed E-state index contributed by atoms with van der Waals surface area (Å²) < 4.78 is 22.9. The summed E-state index contributed by atoms with van der Waals surface area (Å²) >= 11 is 0. The number of imidazole rings is 2. The molecule has 3 aromatic carbocycles. The number of anilines is 3. The minimum absolute atomic E-state index is 0.183. The second kappa shape index (κ2) is 16.7. The number of rotatable bonds is 17. The lowest BCUT2D eigenvalue weighted by atomic mass is 10.1. The van der Waals surface area contributed by atoms with E-state index in [-0.39, 0.29) is 30.6 Å². The number of hydrogen-bond donors (Lipinski definition) is 4. The fourth-order valence-electron chi connectivity index (χ4n) is 6.12. The molecule has 3 aromatic heterocycles. The zero-order valence-corrected chi connectivity index (χ0v) is 30.9. The molecule has 0 saturated carbocycles. The van der Waals surface area contributed by atoms with Crippen molar-refractivity contribution in [3.05, 3.63) is 101 Å². The van der Waals surface area contributed by atoms with Crippen molar-refractivity contribution in [2.24, 2.45) is 5.73 Å². The molecule has 0 atom stereocenters. The van der Waals surface area contributed by atoms with E-state index in [2.05, 4.69) is 20.7 Å². The largest absolute Gasteiger partial charge is 0.494 e. The second-order valence-electron chi connectivity index (χ2n) is 12.3. The van der Waals surface area contributed by atoms with Crippen molar-refractivity contribution in [2.45, 2.75) is 33.5 Å². The van der Waals surface area contributed by atoms with Gasteiger partial charge in [-0.2, -0.15) is 5.10 Å². The predicted molar refractivity (Wildman–Crippen MR) is 210 cm³/mol. The molecule has 0 bridgehead atoms. The smallest absolute Gasteiger partial charge is 0.276 e. The number of aromatic nitrogens is 6. The summed E-state index contributed by atoms with van der Waals surface area (Å²) in [5.41, 5.74) is 16.1. The van der Waals surface area contributed by atoms with Crippen LogP contribution >= 0.6 is 0 Å². The van der Waals surface area contributed by atoms with Crippen molar-refractivity contribution < 1.29 is 28.6 Å². The number of nitrogens with two attached hydrogens (primary N) is 2. The second-order valence-corrected chi connectivity index (χ2v) is 12.3. The van der Waals surface area contributed by atoms with Gasteiger partial charge in [-0.05, 0) is 68.5 Å². The normalized spacial score (nSPS) is 11.5. The molecule has 284 valence electrons. The summed E-state index contributed by atoms with van der Waals surface area (Å²) in [4.78, 5) is 46.8. The number of fused-ring (bicyclic) bond motifs is 2. The van der Waals surface area contributed by atoms with Crippen LogP contribution in [0.15, 0.2) is 78.9 Å². The van der Waals surface area contributed by atoms with Gasteiger partial charge in [0.15, 0.2) is 0 Å². The van der Waals surface area contributed by atoms with Crippen molar-refractivity contribution in [1.82, 2.24) is 28.9 Å². The fraction of sp³-hybridized carbons (Fsp3) is 0.231. The van der Waals surface area contributed by atoms with Gasteiger partial charge < -0.3 is 40.1 Å². The van der Waals surface area contributed by atoms with Gasteiger partial charge in [-0.1, -0.05) is 18.2 Å². The third-order valence-electron chi connectivity index (χ3n) is 8.61. The van der Waals surface area contributed by atoms with E-state index in [1.165, 1.54) is 7.11 Å². The molecule has 0 fully saturated rings. The maximum atomic E-state index is 13.5. The molecule has 6 N–H and O–H groups in total. The highest BCUT2D eigenvalue weighted by atomic mass is 16.5. The monoisotopic (exact) mass is 746 g/mol. The summed E-state index contributed by atoms with van der Waals surface area (Å²) in [5, 5.41) is 10.4. The Hall–Kier alpha value is -7.10. The Labute approximate surface area is 316 Å². The van der Waals surface area contributed by atoms with Crippen LogP contribution in [-0.4, -0.2) is 74.4 Å². The number of nitrogens with one attached hydrogen (secondary N) is 2. The third kappa shape index (κ3) is 8.27. The Kier molecular flexibility index (Phi) is 11.4. The number of carbonyl (C=O) groups is 3. The predicted octanol–water partition coefficient (Wildman–Crippen LogP) is 4.98. The van der Waals surface area contributed by atoms with Crippen molar-refractivity contribution in [3.8, 4) is 17.2 Å². The maximum absolute atomic E-state index is 13.5. The van der Waals surface area contributed by atoms with Gasteiger partial charge in [0, 0.05) is 49.6 Å². The number of aldehydes is 1. The van der Waals surface area contributed by atoms with Crippen LogP contribution in [0.25, 0.3) is 22.1 Å². The van der Waals surface area contributed by atoms with Crippen LogP contribution in [0.2, 0.25) is 0 Å². The highest BCUT2D eigenvalue weighted by Gasteiger charge is 2.21. The lowest BCUT2D eigenvalue weighted by Crippen LogP contribution is -2.20. The average molecular weight is 747 g/mol. The minimum atomic E-state index is -0.612. The van der Waals surface area contributed by atoms with Crippen molar-refractivity contribution in [2.75, 3.05) is 43.7 Å². The number of carbonyl (C=O) groups excluding carboxylic acids is 3. The van der Waals surface area contributed by atoms with Gasteiger partial charge in [0.05, 0.1) is 23.8 Å². The standard InChI is InChI=1S/C39H42N10O6/c1-5-49-31(17-24(2)46-49)37(52)45-39-44-29-18-25(23-50)19-32(53-4)34(29)48(39)14-7-6-13-47-35-30(43-38(47)42-3)20-26(36(41)51)21-33(35)55-16-9-8-15-54-28-12-10-11-27(40)22-28/h6-12,17-23H,5,13-16,40H2,1-4H3,(H2,41,51)(H,42,43)(H,44,45,52)/b7-6+,9-8+. The first-order valence-electron chi connectivity index (χ1n) is 17.5. The van der Waals surface area contributed by atoms with Crippen LogP contribution in [0.1, 0.15) is 43.8 Å². The van der Waals surface area contributed by atoms with E-state index >= 15 is 0 Å². The van der Waals surface area contributed by atoms with Gasteiger partial charge in [-0.15, -0.1) is 0 Å². The first kappa shape index (κ1) is 37.7. The highest BCUT2D eigenvalue weighted by molar-refractivity contribution is 6.03. The first-order chi connectivity index (χ1) is 26.6. The Morgan fingerprint density at radius 2 is 1.56 bits per heavy atom. The van der Waals surface area contributed by atoms with E-state index in [9.17, 15) is 14.4 Å². The zero-order chi connectivity index (χ0) is 39.1. The number of amides is 2. The van der Waals surface area contributed by atoms with E-state index < -0.39 is 5.91 Å². The number of nitrogen functional groups attached to an aromatic ring is 1. The summed E-state index contributed by atoms with van der Waals surface area (Å²) in [6.07, 6.45) is 8.19. The van der Waals surface area contributed by atoms with E-state index in [0.717, 1.165) is 0 Å². The van der Waals surface area contributed by atoms with Crippen molar-refractivity contribution in [1.29, 1.82) is 0 Å². The van der Waals surface area contributed by atoms with Crippen LogP contribution < -0.4 is 36.3 Å². The number of aryl methyl sites for hydroxylation is 2. The van der Waals surface area contributed by atoms with Crippen LogP contribution in [0, 0.1) is 6.92 Å². The number of ether oxygens (including phenoxy) is 3. The Balaban J connectivity index is 1.27. The molecular formula is C39H42N10O6. The zero-order valence-electron chi connectivity index (χ0n) is 30.9. The average Bonchev–Trinajstić information content (AvgIpc) is 3.86. The lowest BCUT2D eigenvalue weighted by Gasteiger charge is -2.12. The van der Waals surface area contributed by atoms with Crippen LogP contribution in [0.3, 0.4) is 0 Å². The number of benzene rings is 3. The Morgan fingerprint density at radius 3 is 2.24 bits per heavy atom. The van der Waals surface area contributed by atoms with Gasteiger partial charge in [0.1, 0.15) is 53.5 Å². The molecular weight excluding hydrogens is 704 g/mol. The summed E-state index contributed by atoms with van der Waals surface area (Å²) in [5.74, 6) is 1.29. The van der Waals surface area contributed by atoms with Gasteiger partial charge >= 0.3 is 0 Å². The number of nitrogens with zero attached hydrogens (tertiary/aromatic N) is 6. The molecule has 0 saturated heterocycles. The molecule has 3 heterocycles. The molecule has 55 heavy (non-hydrogen) atoms. The Bertz CT molecular complexity index is 2440. The number of allylic oxidation sites excluding steroid dienone is 2. The van der Waals surface area contributed by atoms with Gasteiger partial charge in [0.2, 0.25) is 17.8 Å². The van der Waals surface area contributed by atoms with Crippen LogP contribution in [0.4, 0.5) is 17.6 Å². The first-order valence-corrected chi connectivity index (χ1v) is 17.5. The molecule has 0 radical (unpaired) electrons. The fourth-order valence-corrected chi connectivity index (χ4v) is 6.12. The van der Waals surface area contributed by atoms with E-state index in [0.29, 0.717) is 93.9 Å². The van der Waals surface area contributed by atoms with Gasteiger partial charge in [-0.25, -0.2) is 9.97 Å². The molecule has 0 aliphatic heterocycles. The topological polar surface area (TPSA) is 208 Å². The van der Waals surface area contributed by atoms with Gasteiger partial charge in [-0.3, -0.25) is 24.4 Å². The molecule has 0 unspecified atom stereocenters. The molecule has 6 aromatic rings. The van der Waals surface area contributed by atoms with Crippen LogP contribution in [0.5, 0.6) is 17.2 Å². The third-order valence-corrected chi connectivity index (χ3v) is 8.61. The highest BCUT2D eigenvalue weighted by Crippen LogP contribution is 2.32.